The Balaban J connectivity index is 1.51. The number of rotatable bonds is 16. The number of piperidine rings is 1. The minimum atomic E-state index is -0.538. The summed E-state index contributed by atoms with van der Waals surface area (Å²) in [4.78, 5) is 29.0. The van der Waals surface area contributed by atoms with Crippen LogP contribution in [0.5, 0.6) is 29.0 Å². The quantitative estimate of drug-likeness (QED) is 0.120. The Morgan fingerprint density at radius 3 is 2.04 bits per heavy atom. The van der Waals surface area contributed by atoms with Crippen LogP contribution in [0.3, 0.4) is 0 Å². The highest BCUT2D eigenvalue weighted by Crippen LogP contribution is 2.33. The summed E-state index contributed by atoms with van der Waals surface area (Å²) in [6, 6.07) is 12.0. The molecule has 3 heterocycles. The number of benzene rings is 2. The minimum Gasteiger partial charge on any atom is -0.497 e. The van der Waals surface area contributed by atoms with Gasteiger partial charge in [-0.25, -0.2) is 14.3 Å². The molecule has 1 amide bonds. The number of hydrogen-bond donors (Lipinski definition) is 0. The van der Waals surface area contributed by atoms with Crippen LogP contribution in [0.4, 0.5) is 10.6 Å². The number of nitrogens with zero attached hydrogens (tertiary/aromatic N) is 7. The molecule has 0 spiro atoms. The van der Waals surface area contributed by atoms with Crippen LogP contribution in [0.2, 0.25) is 0 Å². The third kappa shape index (κ3) is 9.95. The topological polar surface area (TPSA) is 125 Å². The first kappa shape index (κ1) is 40.2. The summed E-state index contributed by atoms with van der Waals surface area (Å²) in [7, 11) is 8.40. The molecule has 294 valence electrons. The molecule has 0 radical (unpaired) electrons. The maximum absolute atomic E-state index is 12.8. The van der Waals surface area contributed by atoms with Crippen molar-refractivity contribution in [2.45, 2.75) is 97.7 Å². The van der Waals surface area contributed by atoms with Crippen LogP contribution in [-0.4, -0.2) is 102 Å². The van der Waals surface area contributed by atoms with Gasteiger partial charge in [0.25, 0.3) is 0 Å². The lowest BCUT2D eigenvalue weighted by Crippen LogP contribution is -2.46. The average molecular weight is 748 g/mol. The first-order valence-corrected chi connectivity index (χ1v) is 18.6. The van der Waals surface area contributed by atoms with Gasteiger partial charge in [-0.2, -0.15) is 4.98 Å². The van der Waals surface area contributed by atoms with Crippen molar-refractivity contribution in [1.82, 2.24) is 29.4 Å². The summed E-state index contributed by atoms with van der Waals surface area (Å²) in [5, 5.41) is 4.91. The van der Waals surface area contributed by atoms with Gasteiger partial charge in [-0.1, -0.05) is 13.3 Å². The van der Waals surface area contributed by atoms with Crippen LogP contribution in [0.15, 0.2) is 42.6 Å². The molecule has 54 heavy (non-hydrogen) atoms. The van der Waals surface area contributed by atoms with Crippen LogP contribution in [0.25, 0.3) is 5.65 Å². The van der Waals surface area contributed by atoms with Gasteiger partial charge in [-0.3, -0.25) is 4.90 Å². The van der Waals surface area contributed by atoms with E-state index in [1.54, 1.807) is 33.3 Å². The molecule has 0 saturated carbocycles. The molecule has 1 unspecified atom stereocenters. The molecule has 1 aliphatic heterocycles. The van der Waals surface area contributed by atoms with Gasteiger partial charge < -0.3 is 38.2 Å². The van der Waals surface area contributed by atoms with Crippen LogP contribution >= 0.6 is 0 Å². The zero-order valence-electron chi connectivity index (χ0n) is 33.5. The molecule has 1 fully saturated rings. The number of fused-ring (bicyclic) bond motifs is 1. The van der Waals surface area contributed by atoms with Crippen molar-refractivity contribution in [2.24, 2.45) is 0 Å². The molecular formula is C40H57N7O7. The van der Waals surface area contributed by atoms with Crippen molar-refractivity contribution >= 4 is 17.6 Å². The van der Waals surface area contributed by atoms with Crippen LogP contribution in [0.1, 0.15) is 77.1 Å². The zero-order valence-corrected chi connectivity index (χ0v) is 33.5. The summed E-state index contributed by atoms with van der Waals surface area (Å²) < 4.78 is 36.5. The number of ether oxygens (including phenoxy) is 6. The molecule has 1 saturated heterocycles. The van der Waals surface area contributed by atoms with E-state index in [-0.39, 0.29) is 24.2 Å². The Bertz CT molecular complexity index is 1790. The highest BCUT2D eigenvalue weighted by atomic mass is 16.6. The highest BCUT2D eigenvalue weighted by Gasteiger charge is 2.30. The van der Waals surface area contributed by atoms with E-state index >= 15 is 0 Å². The van der Waals surface area contributed by atoms with Crippen molar-refractivity contribution in [3.63, 3.8) is 0 Å². The molecule has 0 bridgehead atoms. The van der Waals surface area contributed by atoms with E-state index in [2.05, 4.69) is 16.7 Å². The monoisotopic (exact) mass is 747 g/mol. The van der Waals surface area contributed by atoms with Crippen molar-refractivity contribution in [3.8, 4) is 29.0 Å². The fourth-order valence-electron chi connectivity index (χ4n) is 6.67. The molecule has 2 aromatic heterocycles. The second-order valence-corrected chi connectivity index (χ2v) is 14.7. The zero-order chi connectivity index (χ0) is 39.0. The van der Waals surface area contributed by atoms with Crippen molar-refractivity contribution < 1.29 is 33.2 Å². The van der Waals surface area contributed by atoms with Gasteiger partial charge in [0, 0.05) is 69.1 Å². The Morgan fingerprint density at radius 1 is 0.926 bits per heavy atom. The number of likely N-dealkylation sites (tertiary alicyclic amines) is 1. The Hall–Kier alpha value is -4.98. The lowest BCUT2D eigenvalue weighted by Gasteiger charge is -2.37. The van der Waals surface area contributed by atoms with Gasteiger partial charge in [-0.15, -0.1) is 5.10 Å². The molecule has 1 atom stereocenters. The van der Waals surface area contributed by atoms with E-state index in [1.807, 2.05) is 81.9 Å². The number of imidazole rings is 1. The fraction of sp³-hybridized carbons (Fsp3) is 0.550. The Kier molecular flexibility index (Phi) is 13.3. The number of aromatic nitrogens is 4. The molecule has 14 heteroatoms. The highest BCUT2D eigenvalue weighted by molar-refractivity contribution is 5.68. The van der Waals surface area contributed by atoms with E-state index in [9.17, 15) is 4.79 Å². The maximum atomic E-state index is 12.8. The maximum Gasteiger partial charge on any atom is 0.410 e. The minimum absolute atomic E-state index is 0.0925. The predicted molar refractivity (Wildman–Crippen MR) is 207 cm³/mol. The van der Waals surface area contributed by atoms with Crippen LogP contribution in [-0.2, 0) is 24.4 Å². The largest absolute Gasteiger partial charge is 0.497 e. The number of amides is 1. The van der Waals surface area contributed by atoms with Gasteiger partial charge >= 0.3 is 12.1 Å². The predicted octanol–water partition coefficient (Wildman–Crippen LogP) is 6.76. The lowest BCUT2D eigenvalue weighted by molar-refractivity contribution is 0.0148. The third-order valence-electron chi connectivity index (χ3n) is 9.58. The van der Waals surface area contributed by atoms with E-state index in [4.69, 9.17) is 43.5 Å². The molecule has 5 rings (SSSR count). The third-order valence-corrected chi connectivity index (χ3v) is 9.58. The Morgan fingerprint density at radius 2 is 1.52 bits per heavy atom. The molecular weight excluding hydrogens is 690 g/mol. The summed E-state index contributed by atoms with van der Waals surface area (Å²) in [6.45, 7) is 12.9. The summed E-state index contributed by atoms with van der Waals surface area (Å²) >= 11 is 0. The molecule has 0 aliphatic carbocycles. The summed E-state index contributed by atoms with van der Waals surface area (Å²) in [5.41, 5.74) is 2.82. The van der Waals surface area contributed by atoms with Gasteiger partial charge in [0.2, 0.25) is 0 Å². The van der Waals surface area contributed by atoms with E-state index in [0.29, 0.717) is 54.1 Å². The summed E-state index contributed by atoms with van der Waals surface area (Å²) in [5.74, 6) is 3.36. The second kappa shape index (κ2) is 17.9. The lowest BCUT2D eigenvalue weighted by atomic mass is 10.0. The standard InChI is InChI=1S/C40H57N7O7/c1-11-12-27(2)53-38-42-37(36-41-23-31(47(36)43-38)26-45-19-17-30(18-20-45)44(6)39(48)54-40(3,4)5)46(24-28-13-15-32(49-7)21-34(28)51-9)25-29-14-16-33(50-8)22-35(29)52-10/h13-16,21-23,27,30H,11-12,17-20,24-26H2,1-10H3. The number of methoxy groups -OCH3 is 4. The molecule has 4 aromatic rings. The van der Waals surface area contributed by atoms with Crippen molar-refractivity contribution in [3.05, 3.63) is 59.4 Å². The average Bonchev–Trinajstić information content (AvgIpc) is 3.55. The normalized spacial score (nSPS) is 14.4. The number of carbonyl (C=O) groups is 1. The van der Waals surface area contributed by atoms with Crippen LogP contribution < -0.4 is 28.6 Å². The van der Waals surface area contributed by atoms with Gasteiger partial charge in [-0.05, 0) is 71.2 Å². The number of carbonyl (C=O) groups excluding carboxylic acids is 1. The number of anilines is 1. The van der Waals surface area contributed by atoms with Crippen molar-refractivity contribution in [1.29, 1.82) is 0 Å². The Labute approximate surface area is 319 Å². The number of hydrogen-bond acceptors (Lipinski definition) is 12. The molecule has 0 N–H and O–H groups in total. The fourth-order valence-corrected chi connectivity index (χ4v) is 6.67. The SMILES string of the molecule is CCCC(C)Oc1nc(N(Cc2ccc(OC)cc2OC)Cc2ccc(OC)cc2OC)c2ncc(CN3CCC(N(C)C(=O)OC(C)(C)C)CC3)n2n1. The van der Waals surface area contributed by atoms with Gasteiger partial charge in [0.1, 0.15) is 28.6 Å². The van der Waals surface area contributed by atoms with E-state index < -0.39 is 5.60 Å². The van der Waals surface area contributed by atoms with Crippen molar-refractivity contribution in [2.75, 3.05) is 53.5 Å². The van der Waals surface area contributed by atoms with Gasteiger partial charge in [0.15, 0.2) is 11.5 Å². The van der Waals surface area contributed by atoms with Gasteiger partial charge in [0.05, 0.1) is 46.4 Å². The van der Waals surface area contributed by atoms with E-state index in [0.717, 1.165) is 55.6 Å². The van der Waals surface area contributed by atoms with Crippen LogP contribution in [0, 0.1) is 0 Å². The molecule has 14 nitrogen and oxygen atoms in total. The first-order valence-electron chi connectivity index (χ1n) is 18.6. The van der Waals surface area contributed by atoms with E-state index in [1.165, 1.54) is 0 Å². The second-order valence-electron chi connectivity index (χ2n) is 14.7. The first-order chi connectivity index (χ1) is 25.9. The summed E-state index contributed by atoms with van der Waals surface area (Å²) in [6.07, 6.45) is 4.97. The molecule has 1 aliphatic rings. The smallest absolute Gasteiger partial charge is 0.410 e. The molecule has 2 aromatic carbocycles.